The second-order valence-corrected chi connectivity index (χ2v) is 6.24. The number of nitrogens with one attached hydrogen (secondary N) is 1. The Morgan fingerprint density at radius 2 is 1.29 bits per heavy atom. The second-order valence-electron chi connectivity index (χ2n) is 6.24. The summed E-state index contributed by atoms with van der Waals surface area (Å²) in [6.45, 7) is 18.2. The van der Waals surface area contributed by atoms with Crippen LogP contribution < -0.4 is 4.57 Å². The van der Waals surface area contributed by atoms with Crippen molar-refractivity contribution >= 4 is 0 Å². The van der Waals surface area contributed by atoms with E-state index in [1.54, 1.807) is 0 Å². The lowest BCUT2D eigenvalue weighted by molar-refractivity contribution is -0.730. The van der Waals surface area contributed by atoms with Crippen LogP contribution >= 0.6 is 0 Å². The van der Waals surface area contributed by atoms with E-state index in [2.05, 4.69) is 64.9 Å². The van der Waals surface area contributed by atoms with Crippen LogP contribution in [-0.2, 0) is 0 Å². The summed E-state index contributed by atoms with van der Waals surface area (Å²) < 4.78 is 2.50. The number of hydrogen-bond acceptors (Lipinski definition) is 0. The minimum atomic E-state index is 0.522. The summed E-state index contributed by atoms with van der Waals surface area (Å²) >= 11 is 0. The number of imidazole rings is 1. The van der Waals surface area contributed by atoms with Gasteiger partial charge in [-0.1, -0.05) is 41.5 Å². The lowest BCUT2D eigenvalue weighted by Crippen LogP contribution is -2.43. The first-order valence-corrected chi connectivity index (χ1v) is 6.94. The standard InChI is InChI=1S/C15H28N2/c1-9(2)13-14(10(3)4)17(12(7)8)15(16-13)11(5)6/h9-12H,1-8H3/p+1. The molecule has 17 heavy (non-hydrogen) atoms. The maximum absolute atomic E-state index is 3.67. The molecule has 0 aromatic carbocycles. The molecule has 1 N–H and O–H groups in total. The number of H-pyrrole nitrogens is 1. The Bertz CT molecular complexity index is 336. The van der Waals surface area contributed by atoms with Crippen LogP contribution in [0.25, 0.3) is 0 Å². The summed E-state index contributed by atoms with van der Waals surface area (Å²) in [6.07, 6.45) is 0. The third-order valence-electron chi connectivity index (χ3n) is 3.25. The quantitative estimate of drug-likeness (QED) is 0.755. The van der Waals surface area contributed by atoms with Crippen LogP contribution in [0.1, 0.15) is 96.4 Å². The van der Waals surface area contributed by atoms with Gasteiger partial charge in [0.15, 0.2) is 0 Å². The Morgan fingerprint density at radius 1 is 0.765 bits per heavy atom. The molecule has 0 aliphatic rings. The van der Waals surface area contributed by atoms with E-state index in [1.165, 1.54) is 17.2 Å². The van der Waals surface area contributed by atoms with Crippen molar-refractivity contribution in [3.63, 3.8) is 0 Å². The monoisotopic (exact) mass is 237 g/mol. The number of nitrogens with zero attached hydrogens (tertiary/aromatic N) is 1. The lowest BCUT2D eigenvalue weighted by Gasteiger charge is -2.13. The van der Waals surface area contributed by atoms with Crippen molar-refractivity contribution in [3.8, 4) is 0 Å². The Morgan fingerprint density at radius 3 is 1.59 bits per heavy atom. The van der Waals surface area contributed by atoms with E-state index in [4.69, 9.17) is 0 Å². The molecule has 0 bridgehead atoms. The lowest BCUT2D eigenvalue weighted by atomic mass is 10.0. The van der Waals surface area contributed by atoms with Crippen LogP contribution in [0, 0.1) is 0 Å². The van der Waals surface area contributed by atoms with Gasteiger partial charge in [-0.15, -0.1) is 0 Å². The summed E-state index contributed by atoms with van der Waals surface area (Å²) in [6, 6.07) is 0.522. The zero-order valence-corrected chi connectivity index (χ0v) is 12.8. The SMILES string of the molecule is CC(C)c1[nH]c(C(C)C)[n+](C(C)C)c1C(C)C. The first-order chi connectivity index (χ1) is 7.77. The van der Waals surface area contributed by atoms with Crippen molar-refractivity contribution in [1.82, 2.24) is 4.98 Å². The molecule has 0 spiro atoms. The zero-order valence-electron chi connectivity index (χ0n) is 12.8. The number of aromatic nitrogens is 2. The topological polar surface area (TPSA) is 19.7 Å². The minimum Gasteiger partial charge on any atom is -0.244 e. The molecule has 0 saturated heterocycles. The maximum Gasteiger partial charge on any atom is 0.257 e. The van der Waals surface area contributed by atoms with Gasteiger partial charge in [0, 0.05) is 11.8 Å². The van der Waals surface area contributed by atoms with Crippen LogP contribution in [0.3, 0.4) is 0 Å². The summed E-state index contributed by atoms with van der Waals surface area (Å²) in [4.78, 5) is 3.67. The molecule has 0 amide bonds. The van der Waals surface area contributed by atoms with E-state index >= 15 is 0 Å². The average molecular weight is 237 g/mol. The van der Waals surface area contributed by atoms with E-state index in [1.807, 2.05) is 0 Å². The van der Waals surface area contributed by atoms with Crippen LogP contribution in [0.2, 0.25) is 0 Å². The fourth-order valence-corrected chi connectivity index (χ4v) is 2.53. The van der Waals surface area contributed by atoms with Gasteiger partial charge in [0.2, 0.25) is 0 Å². The first kappa shape index (κ1) is 14.3. The minimum absolute atomic E-state index is 0.522. The molecule has 0 fully saturated rings. The highest BCUT2D eigenvalue weighted by atomic mass is 15.1. The molecule has 0 aliphatic carbocycles. The third kappa shape index (κ3) is 2.72. The second kappa shape index (κ2) is 5.24. The average Bonchev–Trinajstić information content (AvgIpc) is 2.56. The Labute approximate surface area is 106 Å². The van der Waals surface area contributed by atoms with Crippen LogP contribution in [0.15, 0.2) is 0 Å². The van der Waals surface area contributed by atoms with E-state index in [0.717, 1.165) is 0 Å². The van der Waals surface area contributed by atoms with Gasteiger partial charge in [0.1, 0.15) is 11.4 Å². The van der Waals surface area contributed by atoms with E-state index in [0.29, 0.717) is 23.8 Å². The summed E-state index contributed by atoms with van der Waals surface area (Å²) in [5, 5.41) is 0. The molecular weight excluding hydrogens is 208 g/mol. The Hall–Kier alpha value is -0.790. The van der Waals surface area contributed by atoms with Crippen LogP contribution in [0.5, 0.6) is 0 Å². The first-order valence-electron chi connectivity index (χ1n) is 6.94. The van der Waals surface area contributed by atoms with Crippen molar-refractivity contribution in [2.75, 3.05) is 0 Å². The molecule has 98 valence electrons. The van der Waals surface area contributed by atoms with Gasteiger partial charge in [-0.25, -0.2) is 9.55 Å². The molecule has 0 radical (unpaired) electrons. The highest BCUT2D eigenvalue weighted by Gasteiger charge is 2.30. The molecule has 2 nitrogen and oxygen atoms in total. The van der Waals surface area contributed by atoms with E-state index in [-0.39, 0.29) is 0 Å². The Balaban J connectivity index is 3.49. The van der Waals surface area contributed by atoms with Gasteiger partial charge < -0.3 is 0 Å². The van der Waals surface area contributed by atoms with Crippen LogP contribution in [0.4, 0.5) is 0 Å². The number of aromatic amines is 1. The predicted molar refractivity (Wildman–Crippen MR) is 73.6 cm³/mol. The Kier molecular flexibility index (Phi) is 4.40. The van der Waals surface area contributed by atoms with Gasteiger partial charge in [-0.2, -0.15) is 0 Å². The maximum atomic E-state index is 3.67. The predicted octanol–water partition coefficient (Wildman–Crippen LogP) is 4.25. The largest absolute Gasteiger partial charge is 0.257 e. The smallest absolute Gasteiger partial charge is 0.244 e. The molecule has 0 unspecified atom stereocenters. The van der Waals surface area contributed by atoms with Crippen LogP contribution in [-0.4, -0.2) is 4.98 Å². The van der Waals surface area contributed by atoms with Crippen molar-refractivity contribution in [2.45, 2.75) is 79.2 Å². The number of hydrogen-bond donors (Lipinski definition) is 1. The summed E-state index contributed by atoms with van der Waals surface area (Å²) in [5.41, 5.74) is 2.90. The van der Waals surface area contributed by atoms with Gasteiger partial charge >= 0.3 is 0 Å². The van der Waals surface area contributed by atoms with Gasteiger partial charge in [-0.3, -0.25) is 0 Å². The van der Waals surface area contributed by atoms with Crippen molar-refractivity contribution in [3.05, 3.63) is 17.2 Å². The van der Waals surface area contributed by atoms with E-state index in [9.17, 15) is 0 Å². The zero-order chi connectivity index (χ0) is 13.3. The molecule has 2 heteroatoms. The van der Waals surface area contributed by atoms with Gasteiger partial charge in [0.25, 0.3) is 5.82 Å². The van der Waals surface area contributed by atoms with Gasteiger partial charge in [-0.05, 0) is 13.8 Å². The summed E-state index contributed by atoms with van der Waals surface area (Å²) in [5.74, 6) is 3.04. The third-order valence-corrected chi connectivity index (χ3v) is 3.25. The molecule has 1 heterocycles. The fourth-order valence-electron chi connectivity index (χ4n) is 2.53. The highest BCUT2D eigenvalue weighted by Crippen LogP contribution is 2.26. The van der Waals surface area contributed by atoms with Crippen molar-refractivity contribution < 1.29 is 4.57 Å². The molecule has 1 aromatic heterocycles. The normalized spacial score (nSPS) is 12.5. The van der Waals surface area contributed by atoms with Crippen molar-refractivity contribution in [2.24, 2.45) is 0 Å². The fraction of sp³-hybridized carbons (Fsp3) is 0.800. The molecule has 1 aromatic rings. The number of rotatable bonds is 4. The molecule has 0 saturated carbocycles. The molecule has 0 aliphatic heterocycles. The molecular formula is C15H29N2+. The summed E-state index contributed by atoms with van der Waals surface area (Å²) in [7, 11) is 0. The molecule has 0 atom stereocenters. The van der Waals surface area contributed by atoms with Crippen molar-refractivity contribution in [1.29, 1.82) is 0 Å². The molecule has 1 rings (SSSR count). The highest BCUT2D eigenvalue weighted by molar-refractivity contribution is 5.16. The van der Waals surface area contributed by atoms with Gasteiger partial charge in [0.05, 0.1) is 12.0 Å². The van der Waals surface area contributed by atoms with E-state index < -0.39 is 0 Å².